The first-order chi connectivity index (χ1) is 12.0. The summed E-state index contributed by atoms with van der Waals surface area (Å²) in [6.45, 7) is 4.79. The summed E-state index contributed by atoms with van der Waals surface area (Å²) in [5, 5.41) is 0. The van der Waals surface area contributed by atoms with Gasteiger partial charge in [0.05, 0.1) is 6.10 Å². The van der Waals surface area contributed by atoms with Crippen molar-refractivity contribution in [3.05, 3.63) is 18.0 Å². The number of rotatable bonds is 6. The van der Waals surface area contributed by atoms with Gasteiger partial charge in [0, 0.05) is 50.5 Å². The molecule has 1 N–H and O–H groups in total. The Morgan fingerprint density at radius 3 is 2.84 bits per heavy atom. The summed E-state index contributed by atoms with van der Waals surface area (Å²) >= 11 is 1.76. The van der Waals surface area contributed by atoms with E-state index in [0.717, 1.165) is 31.0 Å². The molecule has 3 heterocycles. The molecule has 25 heavy (non-hydrogen) atoms. The van der Waals surface area contributed by atoms with Crippen molar-refractivity contribution >= 4 is 27.7 Å². The van der Waals surface area contributed by atoms with Crippen LogP contribution in [-0.2, 0) is 14.8 Å². The van der Waals surface area contributed by atoms with Gasteiger partial charge in [0.15, 0.2) is 0 Å². The van der Waals surface area contributed by atoms with Gasteiger partial charge in [-0.2, -0.15) is 16.1 Å². The van der Waals surface area contributed by atoms with Gasteiger partial charge in [-0.15, -0.1) is 0 Å². The van der Waals surface area contributed by atoms with Crippen molar-refractivity contribution in [3.8, 4) is 0 Å². The van der Waals surface area contributed by atoms with Gasteiger partial charge in [0.2, 0.25) is 10.0 Å². The molecule has 0 spiro atoms. The highest BCUT2D eigenvalue weighted by Crippen LogP contribution is 2.22. The monoisotopic (exact) mass is 387 g/mol. The number of aromatic amines is 1. The summed E-state index contributed by atoms with van der Waals surface area (Å²) in [4.78, 5) is 17.4. The van der Waals surface area contributed by atoms with Crippen molar-refractivity contribution in [1.29, 1.82) is 0 Å². The Morgan fingerprint density at radius 2 is 2.20 bits per heavy atom. The van der Waals surface area contributed by atoms with Gasteiger partial charge in [-0.3, -0.25) is 4.79 Å². The van der Waals surface area contributed by atoms with Crippen LogP contribution in [0.4, 0.5) is 0 Å². The van der Waals surface area contributed by atoms with E-state index in [1.165, 1.54) is 16.6 Å². The Labute approximate surface area is 153 Å². The van der Waals surface area contributed by atoms with Gasteiger partial charge < -0.3 is 14.6 Å². The Kier molecular flexibility index (Phi) is 6.08. The Balaban J connectivity index is 1.71. The van der Waals surface area contributed by atoms with Crippen molar-refractivity contribution in [2.75, 3.05) is 44.3 Å². The molecule has 2 fully saturated rings. The molecule has 1 aromatic rings. The van der Waals surface area contributed by atoms with Crippen LogP contribution >= 0.6 is 11.8 Å². The average molecular weight is 388 g/mol. The molecule has 0 aromatic carbocycles. The lowest BCUT2D eigenvalue weighted by molar-refractivity contribution is 0.0535. The van der Waals surface area contributed by atoms with Gasteiger partial charge in [0.1, 0.15) is 10.6 Å². The number of carbonyl (C=O) groups is 1. The van der Waals surface area contributed by atoms with Crippen molar-refractivity contribution in [1.82, 2.24) is 14.2 Å². The van der Waals surface area contributed by atoms with Gasteiger partial charge >= 0.3 is 0 Å². The van der Waals surface area contributed by atoms with Crippen LogP contribution in [0, 0.1) is 0 Å². The second-order valence-corrected chi connectivity index (χ2v) is 9.41. The largest absolute Gasteiger partial charge is 0.376 e. The fourth-order valence-electron chi connectivity index (χ4n) is 3.14. The molecule has 1 unspecified atom stereocenters. The van der Waals surface area contributed by atoms with Crippen molar-refractivity contribution in [2.24, 2.45) is 0 Å². The number of likely N-dealkylation sites (N-methyl/N-ethyl adjacent to an activating group) is 1. The molecule has 140 valence electrons. The highest BCUT2D eigenvalue weighted by molar-refractivity contribution is 7.99. The first-order valence-corrected chi connectivity index (χ1v) is 11.3. The summed E-state index contributed by atoms with van der Waals surface area (Å²) in [5.74, 6) is 1.43. The molecule has 0 bridgehead atoms. The third-order valence-electron chi connectivity index (χ3n) is 4.61. The summed E-state index contributed by atoms with van der Waals surface area (Å²) in [5.41, 5.74) is 0.310. The molecule has 0 saturated carbocycles. The minimum atomic E-state index is -3.54. The Morgan fingerprint density at radius 1 is 1.44 bits per heavy atom. The molecule has 9 heteroatoms. The molecule has 3 rings (SSSR count). The van der Waals surface area contributed by atoms with E-state index in [9.17, 15) is 13.2 Å². The molecule has 2 aliphatic heterocycles. The number of ether oxygens (including phenoxy) is 1. The summed E-state index contributed by atoms with van der Waals surface area (Å²) in [7, 11) is -3.54. The number of sulfonamides is 1. The minimum Gasteiger partial charge on any atom is -0.376 e. The van der Waals surface area contributed by atoms with Crippen LogP contribution in [0.5, 0.6) is 0 Å². The fraction of sp³-hybridized carbons (Fsp3) is 0.688. The standard InChI is InChI=1S/C16H25N3O4S2/c1-2-18(12-13-4-3-7-23-13)16(20)15-10-14(11-17-15)25(21,22)19-5-8-24-9-6-19/h10-11,13,17H,2-9,12H2,1H3. The third-order valence-corrected chi connectivity index (χ3v) is 7.43. The maximum Gasteiger partial charge on any atom is 0.270 e. The molecule has 7 nitrogen and oxygen atoms in total. The maximum absolute atomic E-state index is 12.7. The zero-order chi connectivity index (χ0) is 17.9. The van der Waals surface area contributed by atoms with Gasteiger partial charge in [-0.25, -0.2) is 8.42 Å². The van der Waals surface area contributed by atoms with Crippen LogP contribution in [0.15, 0.2) is 17.2 Å². The predicted octanol–water partition coefficient (Wildman–Crippen LogP) is 1.39. The maximum atomic E-state index is 12.7. The number of thioether (sulfide) groups is 1. The Hall–Kier alpha value is -1.03. The van der Waals surface area contributed by atoms with Crippen molar-refractivity contribution in [2.45, 2.75) is 30.8 Å². The van der Waals surface area contributed by atoms with Crippen molar-refractivity contribution < 1.29 is 17.9 Å². The lowest BCUT2D eigenvalue weighted by Gasteiger charge is -2.25. The van der Waals surface area contributed by atoms with E-state index < -0.39 is 10.0 Å². The lowest BCUT2D eigenvalue weighted by Crippen LogP contribution is -2.38. The van der Waals surface area contributed by atoms with E-state index in [2.05, 4.69) is 4.98 Å². The van der Waals surface area contributed by atoms with E-state index in [1.54, 1.807) is 16.7 Å². The number of hydrogen-bond acceptors (Lipinski definition) is 5. The molecule has 0 radical (unpaired) electrons. The van der Waals surface area contributed by atoms with Crippen LogP contribution in [0.1, 0.15) is 30.3 Å². The normalized spacial score (nSPS) is 22.2. The molecule has 2 saturated heterocycles. The van der Waals surface area contributed by atoms with Gasteiger partial charge in [-0.05, 0) is 25.8 Å². The summed E-state index contributed by atoms with van der Waals surface area (Å²) < 4.78 is 32.5. The lowest BCUT2D eigenvalue weighted by atomic mass is 10.2. The molecule has 1 aromatic heterocycles. The molecule has 2 aliphatic rings. The van der Waals surface area contributed by atoms with Crippen LogP contribution in [0.2, 0.25) is 0 Å². The van der Waals surface area contributed by atoms with Crippen LogP contribution in [0.3, 0.4) is 0 Å². The topological polar surface area (TPSA) is 82.7 Å². The SMILES string of the molecule is CCN(CC1CCCO1)C(=O)c1cc(S(=O)(=O)N2CCSCC2)c[nH]1. The highest BCUT2D eigenvalue weighted by Gasteiger charge is 2.29. The number of hydrogen-bond donors (Lipinski definition) is 1. The second kappa shape index (κ2) is 8.11. The van der Waals surface area contributed by atoms with Crippen LogP contribution in [0.25, 0.3) is 0 Å². The van der Waals surface area contributed by atoms with Gasteiger partial charge in [-0.1, -0.05) is 0 Å². The molecule has 1 atom stereocenters. The number of H-pyrrole nitrogens is 1. The summed E-state index contributed by atoms with van der Waals surface area (Å²) in [6, 6.07) is 1.46. The predicted molar refractivity (Wildman–Crippen MR) is 97.4 cm³/mol. The minimum absolute atomic E-state index is 0.0768. The third kappa shape index (κ3) is 4.21. The smallest absolute Gasteiger partial charge is 0.270 e. The van der Waals surface area contributed by atoms with E-state index in [1.807, 2.05) is 6.92 Å². The number of carbonyl (C=O) groups excluding carboxylic acids is 1. The molecular formula is C16H25N3O4S2. The number of amides is 1. The first kappa shape index (κ1) is 18.8. The van der Waals surface area contributed by atoms with Gasteiger partial charge in [0.25, 0.3) is 5.91 Å². The first-order valence-electron chi connectivity index (χ1n) is 8.69. The molecular weight excluding hydrogens is 362 g/mol. The zero-order valence-electron chi connectivity index (χ0n) is 14.4. The fourth-order valence-corrected chi connectivity index (χ4v) is 5.71. The van der Waals surface area contributed by atoms with E-state index in [4.69, 9.17) is 4.74 Å². The highest BCUT2D eigenvalue weighted by atomic mass is 32.2. The zero-order valence-corrected chi connectivity index (χ0v) is 16.1. The van der Waals surface area contributed by atoms with E-state index in [-0.39, 0.29) is 16.9 Å². The summed E-state index contributed by atoms with van der Waals surface area (Å²) in [6.07, 6.45) is 3.48. The quantitative estimate of drug-likeness (QED) is 0.798. The Bertz CT molecular complexity index is 692. The molecule has 1 amide bonds. The number of nitrogens with one attached hydrogen (secondary N) is 1. The van der Waals surface area contributed by atoms with E-state index >= 15 is 0 Å². The number of nitrogens with zero attached hydrogens (tertiary/aromatic N) is 2. The average Bonchev–Trinajstić information content (AvgIpc) is 3.32. The van der Waals surface area contributed by atoms with Crippen LogP contribution < -0.4 is 0 Å². The van der Waals surface area contributed by atoms with Crippen LogP contribution in [-0.4, -0.2) is 78.9 Å². The van der Waals surface area contributed by atoms with E-state index in [0.29, 0.717) is 31.9 Å². The number of aromatic nitrogens is 1. The molecule has 0 aliphatic carbocycles. The van der Waals surface area contributed by atoms with Crippen molar-refractivity contribution in [3.63, 3.8) is 0 Å². The second-order valence-electron chi connectivity index (χ2n) is 6.24.